The lowest BCUT2D eigenvalue weighted by molar-refractivity contribution is 0.573. The van der Waals surface area contributed by atoms with E-state index < -0.39 is 10.0 Å². The Hall–Kier alpha value is -0.630. The van der Waals surface area contributed by atoms with E-state index in [1.54, 1.807) is 13.0 Å². The number of halogens is 1. The average Bonchev–Trinajstić information content (AvgIpc) is 2.88. The standard InChI is InChI=1S/C11H13BrN2O2S2/c1-9-10(8-11(12)17-9)18(15,16)13-4-7-14-5-2-3-6-14/h2-3,5-6,8,13H,4,7H2,1H3. The number of sulfonamides is 1. The molecule has 0 aliphatic carbocycles. The zero-order valence-corrected chi connectivity index (χ0v) is 13.0. The Balaban J connectivity index is 2.02. The minimum absolute atomic E-state index is 0.354. The second kappa shape index (κ2) is 5.56. The van der Waals surface area contributed by atoms with Gasteiger partial charge in [0.05, 0.1) is 8.68 Å². The van der Waals surface area contributed by atoms with Gasteiger partial charge < -0.3 is 4.57 Å². The molecule has 18 heavy (non-hydrogen) atoms. The fourth-order valence-electron chi connectivity index (χ4n) is 1.60. The second-order valence-electron chi connectivity index (χ2n) is 3.79. The maximum atomic E-state index is 12.1. The van der Waals surface area contributed by atoms with Crippen molar-refractivity contribution in [2.75, 3.05) is 6.54 Å². The number of hydrogen-bond donors (Lipinski definition) is 1. The monoisotopic (exact) mass is 348 g/mol. The van der Waals surface area contributed by atoms with Crippen LogP contribution in [-0.4, -0.2) is 19.5 Å². The van der Waals surface area contributed by atoms with Crippen LogP contribution in [0.2, 0.25) is 0 Å². The van der Waals surface area contributed by atoms with Crippen molar-refractivity contribution in [3.8, 4) is 0 Å². The van der Waals surface area contributed by atoms with Gasteiger partial charge in [0.15, 0.2) is 0 Å². The van der Waals surface area contributed by atoms with Crippen LogP contribution in [0.15, 0.2) is 39.3 Å². The summed E-state index contributed by atoms with van der Waals surface area (Å²) >= 11 is 4.72. The molecule has 0 bridgehead atoms. The highest BCUT2D eigenvalue weighted by atomic mass is 79.9. The molecule has 0 atom stereocenters. The van der Waals surface area contributed by atoms with E-state index >= 15 is 0 Å². The number of thiophene rings is 1. The van der Waals surface area contributed by atoms with Crippen LogP contribution in [0.25, 0.3) is 0 Å². The van der Waals surface area contributed by atoms with Gasteiger partial charge >= 0.3 is 0 Å². The van der Waals surface area contributed by atoms with E-state index in [1.807, 2.05) is 29.1 Å². The molecule has 2 aromatic heterocycles. The molecule has 98 valence electrons. The number of aryl methyl sites for hydroxylation is 1. The van der Waals surface area contributed by atoms with Gasteiger partial charge in [0.25, 0.3) is 0 Å². The van der Waals surface area contributed by atoms with Crippen molar-refractivity contribution >= 4 is 37.3 Å². The molecule has 4 nitrogen and oxygen atoms in total. The summed E-state index contributed by atoms with van der Waals surface area (Å²) < 4.78 is 29.5. The van der Waals surface area contributed by atoms with Crippen LogP contribution in [0.4, 0.5) is 0 Å². The Morgan fingerprint density at radius 2 is 2.06 bits per heavy atom. The van der Waals surface area contributed by atoms with E-state index in [0.29, 0.717) is 18.0 Å². The molecular weight excluding hydrogens is 336 g/mol. The highest BCUT2D eigenvalue weighted by molar-refractivity contribution is 9.11. The number of nitrogens with one attached hydrogen (secondary N) is 1. The van der Waals surface area contributed by atoms with Crippen LogP contribution in [-0.2, 0) is 16.6 Å². The molecule has 0 amide bonds. The molecule has 0 radical (unpaired) electrons. The molecule has 0 aliphatic rings. The summed E-state index contributed by atoms with van der Waals surface area (Å²) in [6, 6.07) is 5.46. The predicted octanol–water partition coefficient (Wildman–Crippen LogP) is 2.60. The SMILES string of the molecule is Cc1sc(Br)cc1S(=O)(=O)NCCn1cccc1. The maximum absolute atomic E-state index is 12.1. The molecule has 0 unspecified atom stereocenters. The van der Waals surface area contributed by atoms with Crippen molar-refractivity contribution in [2.24, 2.45) is 0 Å². The third-order valence-corrected chi connectivity index (χ3v) is 5.73. The summed E-state index contributed by atoms with van der Waals surface area (Å²) in [5.74, 6) is 0. The van der Waals surface area contributed by atoms with Crippen LogP contribution < -0.4 is 4.72 Å². The first kappa shape index (κ1) is 13.8. The lowest BCUT2D eigenvalue weighted by Gasteiger charge is -2.06. The number of rotatable bonds is 5. The van der Waals surface area contributed by atoms with Crippen molar-refractivity contribution in [1.82, 2.24) is 9.29 Å². The van der Waals surface area contributed by atoms with Crippen molar-refractivity contribution in [3.63, 3.8) is 0 Å². The van der Waals surface area contributed by atoms with Gasteiger partial charge in [0, 0.05) is 30.4 Å². The molecule has 1 N–H and O–H groups in total. The Morgan fingerprint density at radius 3 is 2.61 bits per heavy atom. The molecule has 0 spiro atoms. The quantitative estimate of drug-likeness (QED) is 0.902. The largest absolute Gasteiger partial charge is 0.353 e. The molecule has 7 heteroatoms. The summed E-state index contributed by atoms with van der Waals surface area (Å²) in [7, 11) is -3.41. The Bertz CT molecular complexity index is 618. The molecule has 0 fully saturated rings. The normalized spacial score (nSPS) is 11.9. The van der Waals surface area contributed by atoms with Gasteiger partial charge in [-0.05, 0) is 41.1 Å². The Morgan fingerprint density at radius 1 is 1.39 bits per heavy atom. The third-order valence-electron chi connectivity index (χ3n) is 2.46. The van der Waals surface area contributed by atoms with Crippen molar-refractivity contribution in [3.05, 3.63) is 39.3 Å². The van der Waals surface area contributed by atoms with Gasteiger partial charge in [-0.3, -0.25) is 0 Å². The van der Waals surface area contributed by atoms with Gasteiger partial charge in [-0.15, -0.1) is 11.3 Å². The zero-order valence-electron chi connectivity index (χ0n) is 9.76. The summed E-state index contributed by atoms with van der Waals surface area (Å²) in [5, 5.41) is 0. The highest BCUT2D eigenvalue weighted by Crippen LogP contribution is 2.29. The van der Waals surface area contributed by atoms with Crippen LogP contribution in [0, 0.1) is 6.92 Å². The van der Waals surface area contributed by atoms with E-state index in [-0.39, 0.29) is 0 Å². The number of hydrogen-bond acceptors (Lipinski definition) is 3. The van der Waals surface area contributed by atoms with Crippen LogP contribution >= 0.6 is 27.3 Å². The van der Waals surface area contributed by atoms with E-state index in [1.165, 1.54) is 11.3 Å². The fourth-order valence-corrected chi connectivity index (χ4v) is 5.04. The second-order valence-corrected chi connectivity index (χ2v) is 8.16. The summed E-state index contributed by atoms with van der Waals surface area (Å²) in [5.41, 5.74) is 0. The van der Waals surface area contributed by atoms with Gasteiger partial charge in [-0.1, -0.05) is 0 Å². The lowest BCUT2D eigenvalue weighted by Crippen LogP contribution is -2.27. The van der Waals surface area contributed by atoms with Crippen molar-refractivity contribution in [2.45, 2.75) is 18.4 Å². The molecule has 0 aliphatic heterocycles. The number of nitrogens with zero attached hydrogens (tertiary/aromatic N) is 1. The average molecular weight is 349 g/mol. The van der Waals surface area contributed by atoms with E-state index in [0.717, 1.165) is 8.66 Å². The molecule has 2 rings (SSSR count). The first-order chi connectivity index (χ1) is 8.49. The van der Waals surface area contributed by atoms with Crippen molar-refractivity contribution in [1.29, 1.82) is 0 Å². The van der Waals surface area contributed by atoms with E-state index in [4.69, 9.17) is 0 Å². The molecule has 2 aromatic rings. The summed E-state index contributed by atoms with van der Waals surface area (Å²) in [6.07, 6.45) is 3.81. The first-order valence-electron chi connectivity index (χ1n) is 5.35. The van der Waals surface area contributed by atoms with E-state index in [2.05, 4.69) is 20.7 Å². The lowest BCUT2D eigenvalue weighted by atomic mass is 10.5. The number of aromatic nitrogens is 1. The molecule has 0 aromatic carbocycles. The van der Waals surface area contributed by atoms with Gasteiger partial charge in [-0.25, -0.2) is 13.1 Å². The minimum atomic E-state index is -3.41. The first-order valence-corrected chi connectivity index (χ1v) is 8.44. The van der Waals surface area contributed by atoms with Crippen LogP contribution in [0.5, 0.6) is 0 Å². The topological polar surface area (TPSA) is 51.1 Å². The summed E-state index contributed by atoms with van der Waals surface area (Å²) in [6.45, 7) is 2.80. The van der Waals surface area contributed by atoms with Gasteiger partial charge in [0.2, 0.25) is 10.0 Å². The third kappa shape index (κ3) is 3.23. The molecule has 0 saturated heterocycles. The summed E-state index contributed by atoms with van der Waals surface area (Å²) in [4.78, 5) is 1.14. The minimum Gasteiger partial charge on any atom is -0.353 e. The maximum Gasteiger partial charge on any atom is 0.241 e. The van der Waals surface area contributed by atoms with E-state index in [9.17, 15) is 8.42 Å². The smallest absolute Gasteiger partial charge is 0.241 e. The van der Waals surface area contributed by atoms with Crippen LogP contribution in [0.1, 0.15) is 4.88 Å². The predicted molar refractivity (Wildman–Crippen MR) is 76.4 cm³/mol. The Kier molecular flexibility index (Phi) is 4.26. The molecular formula is C11H13BrN2O2S2. The zero-order chi connectivity index (χ0) is 13.2. The Labute approximate surface area is 119 Å². The van der Waals surface area contributed by atoms with Gasteiger partial charge in [0.1, 0.15) is 0 Å². The molecule has 2 heterocycles. The van der Waals surface area contributed by atoms with Crippen molar-refractivity contribution < 1.29 is 8.42 Å². The fraction of sp³-hybridized carbons (Fsp3) is 0.273. The van der Waals surface area contributed by atoms with Gasteiger partial charge in [-0.2, -0.15) is 0 Å². The van der Waals surface area contributed by atoms with Crippen LogP contribution in [0.3, 0.4) is 0 Å². The molecule has 0 saturated carbocycles. The highest BCUT2D eigenvalue weighted by Gasteiger charge is 2.18.